The van der Waals surface area contributed by atoms with Gasteiger partial charge in [0.2, 0.25) is 0 Å². The summed E-state index contributed by atoms with van der Waals surface area (Å²) in [6.07, 6.45) is 2.63. The largest absolute Gasteiger partial charge is 0.458 e. The molecule has 0 saturated heterocycles. The topological polar surface area (TPSA) is 26.3 Å². The Bertz CT molecular complexity index is 409. The lowest BCUT2D eigenvalue weighted by Crippen LogP contribution is -2.27. The molecule has 0 aliphatic rings. The van der Waals surface area contributed by atoms with Gasteiger partial charge in [0.05, 0.1) is 0 Å². The van der Waals surface area contributed by atoms with E-state index in [1.165, 1.54) is 12.5 Å². The van der Waals surface area contributed by atoms with Crippen LogP contribution in [0.2, 0.25) is 0 Å². The van der Waals surface area contributed by atoms with Gasteiger partial charge in [0.1, 0.15) is 6.10 Å². The highest BCUT2D eigenvalue weighted by atomic mass is 16.5. The molecule has 0 saturated carbocycles. The zero-order valence-corrected chi connectivity index (χ0v) is 12.2. The number of ether oxygens (including phenoxy) is 1. The lowest BCUT2D eigenvalue weighted by atomic mass is 9.90. The molecule has 2 nitrogen and oxygen atoms in total. The smallest absolute Gasteiger partial charge is 0.303 e. The van der Waals surface area contributed by atoms with Gasteiger partial charge in [-0.15, -0.1) is 0 Å². The zero-order valence-electron chi connectivity index (χ0n) is 12.2. The second-order valence-electron chi connectivity index (χ2n) is 5.11. The molecule has 104 valence electrons. The van der Waals surface area contributed by atoms with E-state index in [0.717, 1.165) is 24.8 Å². The van der Waals surface area contributed by atoms with E-state index in [1.807, 2.05) is 18.2 Å². The summed E-state index contributed by atoms with van der Waals surface area (Å²) in [5.41, 5.74) is 2.28. The molecule has 0 N–H and O–H groups in total. The lowest BCUT2D eigenvalue weighted by molar-refractivity contribution is -0.146. The van der Waals surface area contributed by atoms with E-state index >= 15 is 0 Å². The zero-order chi connectivity index (χ0) is 14.3. The van der Waals surface area contributed by atoms with Crippen molar-refractivity contribution in [2.75, 3.05) is 0 Å². The van der Waals surface area contributed by atoms with Crippen molar-refractivity contribution in [1.82, 2.24) is 0 Å². The fraction of sp³-hybridized carbons (Fsp3) is 0.471. The molecular weight excluding hydrogens is 236 g/mol. The summed E-state index contributed by atoms with van der Waals surface area (Å²) in [5.74, 6) is 0.00696. The molecule has 0 heterocycles. The Morgan fingerprint density at radius 3 is 2.47 bits per heavy atom. The van der Waals surface area contributed by atoms with Crippen molar-refractivity contribution in [3.8, 4) is 0 Å². The third-order valence-electron chi connectivity index (χ3n) is 3.18. The van der Waals surface area contributed by atoms with Crippen molar-refractivity contribution >= 4 is 5.97 Å². The number of carbonyl (C=O) groups excluding carboxylic acids is 1. The molecule has 1 rings (SSSR count). The molecule has 2 atom stereocenters. The predicted octanol–water partition coefficient (Wildman–Crippen LogP) is 4.15. The second kappa shape index (κ2) is 7.78. The van der Waals surface area contributed by atoms with Gasteiger partial charge in [0, 0.05) is 12.8 Å². The van der Waals surface area contributed by atoms with Gasteiger partial charge >= 0.3 is 5.97 Å². The molecule has 0 aliphatic carbocycles. The van der Waals surface area contributed by atoms with Crippen LogP contribution in [0.15, 0.2) is 42.5 Å². The minimum absolute atomic E-state index is 0.183. The van der Waals surface area contributed by atoms with Gasteiger partial charge in [-0.3, -0.25) is 4.79 Å². The van der Waals surface area contributed by atoms with Gasteiger partial charge in [-0.25, -0.2) is 0 Å². The Hall–Kier alpha value is -1.57. The monoisotopic (exact) mass is 260 g/mol. The molecule has 0 spiro atoms. The Morgan fingerprint density at radius 1 is 1.32 bits per heavy atom. The summed E-state index contributed by atoms with van der Waals surface area (Å²) in [5, 5.41) is 0. The average molecular weight is 260 g/mol. The van der Waals surface area contributed by atoms with Gasteiger partial charge in [0.15, 0.2) is 0 Å². The van der Waals surface area contributed by atoms with Gasteiger partial charge in [-0.1, -0.05) is 57.2 Å². The molecule has 0 bridgehead atoms. The molecule has 0 aromatic heterocycles. The van der Waals surface area contributed by atoms with Crippen molar-refractivity contribution in [3.05, 3.63) is 48.0 Å². The third-order valence-corrected chi connectivity index (χ3v) is 3.18. The van der Waals surface area contributed by atoms with Gasteiger partial charge < -0.3 is 4.74 Å². The number of hydrogen-bond donors (Lipinski definition) is 0. The van der Waals surface area contributed by atoms with Crippen LogP contribution in [-0.2, 0) is 16.0 Å². The molecular formula is C17H24O2. The Morgan fingerprint density at radius 2 is 1.95 bits per heavy atom. The molecule has 0 fully saturated rings. The molecule has 1 aromatic carbocycles. The average Bonchev–Trinajstić information content (AvgIpc) is 2.37. The Kier molecular flexibility index (Phi) is 6.34. The summed E-state index contributed by atoms with van der Waals surface area (Å²) < 4.78 is 5.46. The summed E-state index contributed by atoms with van der Waals surface area (Å²) in [6.45, 7) is 9.76. The highest BCUT2D eigenvalue weighted by Gasteiger charge is 2.23. The summed E-state index contributed by atoms with van der Waals surface area (Å²) in [6, 6.07) is 10.3. The molecule has 19 heavy (non-hydrogen) atoms. The van der Waals surface area contributed by atoms with Crippen molar-refractivity contribution < 1.29 is 9.53 Å². The van der Waals surface area contributed by atoms with Crippen LogP contribution in [0.1, 0.15) is 39.2 Å². The minimum atomic E-state index is -0.234. The molecule has 0 amide bonds. The standard InChI is InChI=1S/C17H24O2/c1-5-9-13(2)17(19-15(4)18)14(3)12-16-10-7-6-8-11-16/h6-8,10-11,14,17H,2,5,9,12H2,1,3-4H3. The number of esters is 1. The van der Waals surface area contributed by atoms with E-state index in [-0.39, 0.29) is 18.0 Å². The number of carbonyl (C=O) groups is 1. The van der Waals surface area contributed by atoms with Crippen LogP contribution in [0.3, 0.4) is 0 Å². The summed E-state index contributed by atoms with van der Waals surface area (Å²) in [7, 11) is 0. The first-order valence-electron chi connectivity index (χ1n) is 6.93. The van der Waals surface area contributed by atoms with Crippen LogP contribution in [-0.4, -0.2) is 12.1 Å². The van der Waals surface area contributed by atoms with Crippen molar-refractivity contribution in [2.45, 2.75) is 46.1 Å². The molecule has 2 unspecified atom stereocenters. The Labute approximate surface area is 116 Å². The van der Waals surface area contributed by atoms with E-state index in [4.69, 9.17) is 4.74 Å². The SMILES string of the molecule is C=C(CCC)C(OC(C)=O)C(C)Cc1ccccc1. The first-order chi connectivity index (χ1) is 9.04. The first-order valence-corrected chi connectivity index (χ1v) is 6.93. The molecule has 0 aliphatic heterocycles. The number of benzene rings is 1. The van der Waals surface area contributed by atoms with Crippen LogP contribution in [0.4, 0.5) is 0 Å². The predicted molar refractivity (Wildman–Crippen MR) is 78.9 cm³/mol. The van der Waals surface area contributed by atoms with Crippen molar-refractivity contribution in [3.63, 3.8) is 0 Å². The van der Waals surface area contributed by atoms with E-state index in [9.17, 15) is 4.79 Å². The Balaban J connectivity index is 2.73. The van der Waals surface area contributed by atoms with Gasteiger partial charge in [0.25, 0.3) is 0 Å². The lowest BCUT2D eigenvalue weighted by Gasteiger charge is -2.25. The van der Waals surface area contributed by atoms with Crippen molar-refractivity contribution in [1.29, 1.82) is 0 Å². The molecule has 1 aromatic rings. The highest BCUT2D eigenvalue weighted by Crippen LogP contribution is 2.23. The number of hydrogen-bond acceptors (Lipinski definition) is 2. The van der Waals surface area contributed by atoms with Crippen LogP contribution in [0, 0.1) is 5.92 Å². The maximum atomic E-state index is 11.3. The van der Waals surface area contributed by atoms with Gasteiger partial charge in [-0.05, 0) is 24.0 Å². The van der Waals surface area contributed by atoms with Crippen molar-refractivity contribution in [2.24, 2.45) is 5.92 Å². The first kappa shape index (κ1) is 15.5. The van der Waals surface area contributed by atoms with E-state index in [1.54, 1.807) is 0 Å². The van der Waals surface area contributed by atoms with Crippen LogP contribution in [0.25, 0.3) is 0 Å². The second-order valence-corrected chi connectivity index (χ2v) is 5.11. The fourth-order valence-electron chi connectivity index (χ4n) is 2.34. The van der Waals surface area contributed by atoms with E-state index in [0.29, 0.717) is 0 Å². The maximum Gasteiger partial charge on any atom is 0.303 e. The number of rotatable bonds is 7. The minimum Gasteiger partial charge on any atom is -0.458 e. The summed E-state index contributed by atoms with van der Waals surface area (Å²) >= 11 is 0. The van der Waals surface area contributed by atoms with E-state index < -0.39 is 0 Å². The summed E-state index contributed by atoms with van der Waals surface area (Å²) in [4.78, 5) is 11.3. The van der Waals surface area contributed by atoms with E-state index in [2.05, 4.69) is 32.6 Å². The normalized spacial score (nSPS) is 13.6. The molecule has 2 heteroatoms. The van der Waals surface area contributed by atoms with Crippen LogP contribution >= 0.6 is 0 Å². The fourth-order valence-corrected chi connectivity index (χ4v) is 2.34. The molecule has 0 radical (unpaired) electrons. The van der Waals surface area contributed by atoms with Crippen LogP contribution < -0.4 is 0 Å². The third kappa shape index (κ3) is 5.29. The quantitative estimate of drug-likeness (QED) is 0.543. The van der Waals surface area contributed by atoms with Gasteiger partial charge in [-0.2, -0.15) is 0 Å². The maximum absolute atomic E-state index is 11.3. The van der Waals surface area contributed by atoms with Crippen LogP contribution in [0.5, 0.6) is 0 Å². The highest BCUT2D eigenvalue weighted by molar-refractivity contribution is 5.66.